The maximum Gasteiger partial charge on any atom is 0.318 e. The van der Waals surface area contributed by atoms with E-state index in [1.165, 1.54) is 0 Å². The fraction of sp³-hybridized carbons (Fsp3) is 0.391. The summed E-state index contributed by atoms with van der Waals surface area (Å²) in [6, 6.07) is 16.8. The number of hydrogen-bond acceptors (Lipinski definition) is 3. The number of carboxylic acid groups (broad SMARTS) is 1. The number of carbonyl (C=O) groups is 2. The summed E-state index contributed by atoms with van der Waals surface area (Å²) >= 11 is 0. The number of ether oxygens (including phenoxy) is 1. The van der Waals surface area contributed by atoms with Crippen molar-refractivity contribution in [2.45, 2.75) is 45.2 Å². The summed E-state index contributed by atoms with van der Waals surface area (Å²) in [6.07, 6.45) is 0.974. The van der Waals surface area contributed by atoms with Crippen LogP contribution in [0.1, 0.15) is 43.9 Å². The molecule has 0 radical (unpaired) electrons. The lowest BCUT2D eigenvalue weighted by molar-refractivity contribution is -0.137. The van der Waals surface area contributed by atoms with E-state index in [-0.39, 0.29) is 24.5 Å². The number of amides is 2. The predicted octanol–water partition coefficient (Wildman–Crippen LogP) is 4.26. The second kappa shape index (κ2) is 11.1. The summed E-state index contributed by atoms with van der Waals surface area (Å²) in [7, 11) is 1.62. The summed E-state index contributed by atoms with van der Waals surface area (Å²) in [6.45, 7) is 4.43. The molecule has 0 saturated carbocycles. The van der Waals surface area contributed by atoms with Crippen LogP contribution in [0, 0.1) is 0 Å². The second-order valence-corrected chi connectivity index (χ2v) is 7.01. The normalized spacial score (nSPS) is 12.7. The Kier molecular flexibility index (Phi) is 8.52. The van der Waals surface area contributed by atoms with Crippen LogP contribution in [-0.2, 0) is 11.2 Å². The molecule has 6 nitrogen and oxygen atoms in total. The minimum atomic E-state index is -0.866. The van der Waals surface area contributed by atoms with Crippen LogP contribution < -0.4 is 10.1 Å². The lowest BCUT2D eigenvalue weighted by Crippen LogP contribution is -2.46. The van der Waals surface area contributed by atoms with Gasteiger partial charge in [-0.15, -0.1) is 0 Å². The van der Waals surface area contributed by atoms with Crippen LogP contribution in [0.5, 0.6) is 5.75 Å². The van der Waals surface area contributed by atoms with Crippen molar-refractivity contribution in [3.05, 3.63) is 65.7 Å². The third-order valence-corrected chi connectivity index (χ3v) is 5.00. The number of carboxylic acids is 1. The first-order valence-corrected chi connectivity index (χ1v) is 9.91. The van der Waals surface area contributed by atoms with Crippen LogP contribution in [0.4, 0.5) is 4.79 Å². The molecule has 0 saturated heterocycles. The molecule has 6 heteroatoms. The molecule has 29 heavy (non-hydrogen) atoms. The lowest BCUT2D eigenvalue weighted by atomic mass is 10.0. The maximum absolute atomic E-state index is 13.0. The van der Waals surface area contributed by atoms with Gasteiger partial charge in [0, 0.05) is 19.0 Å². The van der Waals surface area contributed by atoms with Gasteiger partial charge in [0.05, 0.1) is 13.2 Å². The van der Waals surface area contributed by atoms with Crippen molar-refractivity contribution in [1.29, 1.82) is 0 Å². The Balaban J connectivity index is 2.12. The number of methoxy groups -OCH3 is 1. The van der Waals surface area contributed by atoms with Gasteiger partial charge in [0.1, 0.15) is 5.75 Å². The Hall–Kier alpha value is -3.02. The monoisotopic (exact) mass is 398 g/mol. The predicted molar refractivity (Wildman–Crippen MR) is 113 cm³/mol. The van der Waals surface area contributed by atoms with Crippen LogP contribution in [0.15, 0.2) is 54.6 Å². The Morgan fingerprint density at radius 3 is 2.48 bits per heavy atom. The standard InChI is InChI=1S/C23H30N2O4/c1-4-25(17(2)19-11-8-12-21(16-19)29-3)23(28)24-20(13-14-22(26)27)15-18-9-6-5-7-10-18/h5-12,16-17,20H,4,13-15H2,1-3H3,(H,24,28)(H,26,27). The van der Waals surface area contributed by atoms with E-state index < -0.39 is 5.97 Å². The Bertz CT molecular complexity index is 794. The van der Waals surface area contributed by atoms with Crippen LogP contribution in [0.2, 0.25) is 0 Å². The smallest absolute Gasteiger partial charge is 0.318 e. The SMILES string of the molecule is CCN(C(=O)NC(CCC(=O)O)Cc1ccccc1)C(C)c1cccc(OC)c1. The lowest BCUT2D eigenvalue weighted by Gasteiger charge is -2.31. The quantitative estimate of drug-likeness (QED) is 0.627. The van der Waals surface area contributed by atoms with Gasteiger partial charge >= 0.3 is 12.0 Å². The number of benzene rings is 2. The van der Waals surface area contributed by atoms with Crippen LogP contribution >= 0.6 is 0 Å². The van der Waals surface area contributed by atoms with Gasteiger partial charge in [-0.25, -0.2) is 4.79 Å². The third-order valence-electron chi connectivity index (χ3n) is 5.00. The molecule has 0 aliphatic rings. The second-order valence-electron chi connectivity index (χ2n) is 7.01. The van der Waals surface area contributed by atoms with Crippen molar-refractivity contribution < 1.29 is 19.4 Å². The first kappa shape index (κ1) is 22.3. The van der Waals surface area contributed by atoms with Crippen molar-refractivity contribution in [2.24, 2.45) is 0 Å². The molecule has 2 atom stereocenters. The van der Waals surface area contributed by atoms with Crippen molar-refractivity contribution >= 4 is 12.0 Å². The molecule has 2 aromatic rings. The van der Waals surface area contributed by atoms with E-state index in [2.05, 4.69) is 5.32 Å². The summed E-state index contributed by atoms with van der Waals surface area (Å²) in [4.78, 5) is 25.8. The van der Waals surface area contributed by atoms with Gasteiger partial charge in [0.15, 0.2) is 0 Å². The minimum Gasteiger partial charge on any atom is -0.497 e. The highest BCUT2D eigenvalue weighted by Gasteiger charge is 2.23. The highest BCUT2D eigenvalue weighted by atomic mass is 16.5. The molecular formula is C23H30N2O4. The van der Waals surface area contributed by atoms with E-state index in [0.29, 0.717) is 19.4 Å². The Labute approximate surface area is 172 Å². The summed E-state index contributed by atoms with van der Waals surface area (Å²) in [5.74, 6) is -0.122. The zero-order valence-corrected chi connectivity index (χ0v) is 17.3. The molecule has 2 N–H and O–H groups in total. The fourth-order valence-electron chi connectivity index (χ4n) is 3.35. The third kappa shape index (κ3) is 6.82. The summed E-state index contributed by atoms with van der Waals surface area (Å²) in [5.41, 5.74) is 2.04. The largest absolute Gasteiger partial charge is 0.497 e. The number of nitrogens with one attached hydrogen (secondary N) is 1. The molecular weight excluding hydrogens is 368 g/mol. The maximum atomic E-state index is 13.0. The van der Waals surface area contributed by atoms with Gasteiger partial charge in [0.2, 0.25) is 0 Å². The number of aliphatic carboxylic acids is 1. The molecule has 2 rings (SSSR count). The highest BCUT2D eigenvalue weighted by Crippen LogP contribution is 2.24. The van der Waals surface area contributed by atoms with Gasteiger partial charge in [-0.1, -0.05) is 42.5 Å². The van der Waals surface area contributed by atoms with Gasteiger partial charge in [-0.05, 0) is 49.9 Å². The molecule has 2 aromatic carbocycles. The zero-order valence-electron chi connectivity index (χ0n) is 17.3. The van der Waals surface area contributed by atoms with E-state index in [1.54, 1.807) is 12.0 Å². The topological polar surface area (TPSA) is 78.9 Å². The molecule has 156 valence electrons. The van der Waals surface area contributed by atoms with Gasteiger partial charge in [-0.3, -0.25) is 4.79 Å². The Morgan fingerprint density at radius 2 is 1.86 bits per heavy atom. The molecule has 2 unspecified atom stereocenters. The minimum absolute atomic E-state index is 0.00927. The van der Waals surface area contributed by atoms with E-state index >= 15 is 0 Å². The number of rotatable bonds is 10. The first-order valence-electron chi connectivity index (χ1n) is 9.91. The van der Waals surface area contributed by atoms with Crippen LogP contribution in [0.3, 0.4) is 0 Å². The number of nitrogens with zero attached hydrogens (tertiary/aromatic N) is 1. The molecule has 0 aliphatic carbocycles. The average molecular weight is 399 g/mol. The molecule has 0 spiro atoms. The van der Waals surface area contributed by atoms with E-state index in [0.717, 1.165) is 16.9 Å². The fourth-order valence-corrected chi connectivity index (χ4v) is 3.35. The van der Waals surface area contributed by atoms with Crippen molar-refractivity contribution in [3.63, 3.8) is 0 Å². The van der Waals surface area contributed by atoms with Gasteiger partial charge in [-0.2, -0.15) is 0 Å². The van der Waals surface area contributed by atoms with Gasteiger partial charge < -0.3 is 20.1 Å². The van der Waals surface area contributed by atoms with Crippen LogP contribution in [0.25, 0.3) is 0 Å². The molecule has 0 aromatic heterocycles. The summed E-state index contributed by atoms with van der Waals surface area (Å²) < 4.78 is 5.29. The van der Waals surface area contributed by atoms with Crippen molar-refractivity contribution in [2.75, 3.05) is 13.7 Å². The molecule has 0 bridgehead atoms. The number of hydrogen-bond donors (Lipinski definition) is 2. The van der Waals surface area contributed by atoms with E-state index in [4.69, 9.17) is 9.84 Å². The van der Waals surface area contributed by atoms with E-state index in [1.807, 2.05) is 68.4 Å². The highest BCUT2D eigenvalue weighted by molar-refractivity contribution is 5.75. The molecule has 0 heterocycles. The first-order chi connectivity index (χ1) is 13.9. The van der Waals surface area contributed by atoms with Crippen molar-refractivity contribution in [3.8, 4) is 5.75 Å². The zero-order chi connectivity index (χ0) is 21.2. The number of urea groups is 1. The number of carbonyl (C=O) groups excluding carboxylic acids is 1. The molecule has 0 aliphatic heterocycles. The average Bonchev–Trinajstić information content (AvgIpc) is 2.73. The summed E-state index contributed by atoms with van der Waals surface area (Å²) in [5, 5.41) is 12.1. The van der Waals surface area contributed by atoms with E-state index in [9.17, 15) is 9.59 Å². The Morgan fingerprint density at radius 1 is 1.14 bits per heavy atom. The molecule has 2 amide bonds. The van der Waals surface area contributed by atoms with Crippen LogP contribution in [-0.4, -0.2) is 41.7 Å². The van der Waals surface area contributed by atoms with Gasteiger partial charge in [0.25, 0.3) is 0 Å². The molecule has 0 fully saturated rings. The van der Waals surface area contributed by atoms with Crippen molar-refractivity contribution in [1.82, 2.24) is 10.2 Å².